The molecule has 0 aliphatic rings. The van der Waals surface area contributed by atoms with Gasteiger partial charge >= 0.3 is 0 Å². The number of pyridine rings is 1. The number of hydrogen-bond donors (Lipinski definition) is 0. The van der Waals surface area contributed by atoms with Crippen molar-refractivity contribution in [2.45, 2.75) is 20.8 Å². The molecule has 0 saturated heterocycles. The highest BCUT2D eigenvalue weighted by Crippen LogP contribution is 2.27. The van der Waals surface area contributed by atoms with Crippen molar-refractivity contribution < 1.29 is 0 Å². The Morgan fingerprint density at radius 2 is 2.12 bits per heavy atom. The summed E-state index contributed by atoms with van der Waals surface area (Å²) in [6.07, 6.45) is 1.61. The minimum Gasteiger partial charge on any atom is -0.358 e. The molecule has 0 saturated carbocycles. The van der Waals surface area contributed by atoms with E-state index in [1.165, 1.54) is 0 Å². The molecule has 1 heterocycles. The van der Waals surface area contributed by atoms with Crippen molar-refractivity contribution in [2.24, 2.45) is 5.41 Å². The molecule has 0 aromatic carbocycles. The van der Waals surface area contributed by atoms with Crippen LogP contribution in [0.3, 0.4) is 0 Å². The molecule has 86 valence electrons. The lowest BCUT2D eigenvalue weighted by molar-refractivity contribution is 0.418. The molecule has 3 nitrogen and oxygen atoms in total. The maximum Gasteiger partial charge on any atom is 0.148 e. The summed E-state index contributed by atoms with van der Waals surface area (Å²) in [5.41, 5.74) is 0.620. The number of hydrogen-bond acceptors (Lipinski definition) is 3. The summed E-state index contributed by atoms with van der Waals surface area (Å²) >= 11 is 6.11. The van der Waals surface area contributed by atoms with Gasteiger partial charge in [0.1, 0.15) is 16.9 Å². The topological polar surface area (TPSA) is 39.9 Å². The van der Waals surface area contributed by atoms with E-state index in [1.807, 2.05) is 11.9 Å². The van der Waals surface area contributed by atoms with Crippen LogP contribution in [0.1, 0.15) is 26.3 Å². The fourth-order valence-corrected chi connectivity index (χ4v) is 1.87. The molecule has 16 heavy (non-hydrogen) atoms. The smallest absolute Gasteiger partial charge is 0.148 e. The number of nitriles is 1. The van der Waals surface area contributed by atoms with Gasteiger partial charge in [0.25, 0.3) is 0 Å². The van der Waals surface area contributed by atoms with Crippen molar-refractivity contribution in [3.63, 3.8) is 0 Å². The van der Waals surface area contributed by atoms with Crippen LogP contribution in [-0.2, 0) is 0 Å². The van der Waals surface area contributed by atoms with Gasteiger partial charge in [-0.2, -0.15) is 5.26 Å². The highest BCUT2D eigenvalue weighted by Gasteiger charge is 2.17. The van der Waals surface area contributed by atoms with Crippen LogP contribution in [0.25, 0.3) is 0 Å². The van der Waals surface area contributed by atoms with Crippen LogP contribution in [0.15, 0.2) is 12.3 Å². The van der Waals surface area contributed by atoms with Crippen molar-refractivity contribution in [3.8, 4) is 6.07 Å². The first-order valence-electron chi connectivity index (χ1n) is 5.11. The molecule has 0 spiro atoms. The van der Waals surface area contributed by atoms with Crippen molar-refractivity contribution in [1.29, 1.82) is 5.26 Å². The van der Waals surface area contributed by atoms with E-state index < -0.39 is 0 Å². The van der Waals surface area contributed by atoms with Gasteiger partial charge in [-0.1, -0.05) is 32.4 Å². The van der Waals surface area contributed by atoms with E-state index in [4.69, 9.17) is 16.9 Å². The van der Waals surface area contributed by atoms with Gasteiger partial charge in [0, 0.05) is 19.8 Å². The Balaban J connectivity index is 3.01. The summed E-state index contributed by atoms with van der Waals surface area (Å²) < 4.78 is 0. The number of nitrogens with zero attached hydrogens (tertiary/aromatic N) is 3. The van der Waals surface area contributed by atoms with Gasteiger partial charge in [-0.3, -0.25) is 0 Å². The normalized spacial score (nSPS) is 11.0. The van der Waals surface area contributed by atoms with Gasteiger partial charge < -0.3 is 4.90 Å². The Hall–Kier alpha value is -1.27. The zero-order valence-corrected chi connectivity index (χ0v) is 10.8. The van der Waals surface area contributed by atoms with Crippen LogP contribution in [0.4, 0.5) is 5.82 Å². The molecule has 1 rings (SSSR count). The first-order valence-corrected chi connectivity index (χ1v) is 5.48. The van der Waals surface area contributed by atoms with E-state index in [-0.39, 0.29) is 5.41 Å². The van der Waals surface area contributed by atoms with Gasteiger partial charge in [0.15, 0.2) is 0 Å². The van der Waals surface area contributed by atoms with Crippen molar-refractivity contribution >= 4 is 17.4 Å². The van der Waals surface area contributed by atoms with Gasteiger partial charge in [0.05, 0.1) is 5.56 Å². The van der Waals surface area contributed by atoms with Crippen LogP contribution < -0.4 is 4.90 Å². The standard InChI is InChI=1S/C12H16ClN3/c1-12(2,3)8-16(4)11-10(13)9(7-14)5-6-15-11/h5-6H,8H2,1-4H3. The molecule has 0 aliphatic heterocycles. The lowest BCUT2D eigenvalue weighted by Gasteiger charge is -2.28. The molecular weight excluding hydrogens is 222 g/mol. The largest absolute Gasteiger partial charge is 0.358 e. The Labute approximate surface area is 102 Å². The zero-order chi connectivity index (χ0) is 12.3. The molecule has 0 N–H and O–H groups in total. The predicted molar refractivity (Wildman–Crippen MR) is 66.7 cm³/mol. The van der Waals surface area contributed by atoms with E-state index in [0.29, 0.717) is 16.4 Å². The molecule has 1 aromatic rings. The second-order valence-electron chi connectivity index (χ2n) is 5.02. The lowest BCUT2D eigenvalue weighted by atomic mass is 9.96. The summed E-state index contributed by atoms with van der Waals surface area (Å²) in [6, 6.07) is 3.68. The van der Waals surface area contributed by atoms with E-state index in [9.17, 15) is 0 Å². The minimum atomic E-state index is 0.155. The van der Waals surface area contributed by atoms with Crippen LogP contribution in [0.2, 0.25) is 5.02 Å². The van der Waals surface area contributed by atoms with Gasteiger partial charge in [-0.05, 0) is 11.5 Å². The summed E-state index contributed by atoms with van der Waals surface area (Å²) in [5, 5.41) is 9.30. The highest BCUT2D eigenvalue weighted by atomic mass is 35.5. The molecule has 0 aliphatic carbocycles. The average molecular weight is 238 g/mol. The molecular formula is C12H16ClN3. The summed E-state index contributed by atoms with van der Waals surface area (Å²) in [4.78, 5) is 6.19. The third-order valence-electron chi connectivity index (χ3n) is 2.06. The molecule has 0 fully saturated rings. The first-order chi connectivity index (χ1) is 7.35. The minimum absolute atomic E-state index is 0.155. The van der Waals surface area contributed by atoms with Gasteiger partial charge in [0.2, 0.25) is 0 Å². The monoisotopic (exact) mass is 237 g/mol. The van der Waals surface area contributed by atoms with Crippen LogP contribution in [-0.4, -0.2) is 18.6 Å². The maximum atomic E-state index is 8.88. The fourth-order valence-electron chi connectivity index (χ4n) is 1.57. The Kier molecular flexibility index (Phi) is 3.77. The summed E-state index contributed by atoms with van der Waals surface area (Å²) in [7, 11) is 1.93. The Morgan fingerprint density at radius 1 is 1.50 bits per heavy atom. The SMILES string of the molecule is CN(CC(C)(C)C)c1nccc(C#N)c1Cl. The number of aromatic nitrogens is 1. The highest BCUT2D eigenvalue weighted by molar-refractivity contribution is 6.34. The lowest BCUT2D eigenvalue weighted by Crippen LogP contribution is -2.30. The van der Waals surface area contributed by atoms with E-state index in [1.54, 1.807) is 12.3 Å². The number of anilines is 1. The second kappa shape index (κ2) is 4.71. The van der Waals surface area contributed by atoms with Crippen LogP contribution >= 0.6 is 11.6 Å². The maximum absolute atomic E-state index is 8.88. The third kappa shape index (κ3) is 3.11. The molecule has 0 bridgehead atoms. The number of rotatable bonds is 2. The summed E-state index contributed by atoms with van der Waals surface area (Å²) in [6.45, 7) is 7.26. The predicted octanol–water partition coefficient (Wildman–Crippen LogP) is 3.09. The zero-order valence-electron chi connectivity index (χ0n) is 10.1. The van der Waals surface area contributed by atoms with E-state index in [0.717, 1.165) is 6.54 Å². The molecule has 0 radical (unpaired) electrons. The van der Waals surface area contributed by atoms with Crippen LogP contribution in [0.5, 0.6) is 0 Å². The Bertz CT molecular complexity index is 415. The quantitative estimate of drug-likeness (QED) is 0.794. The van der Waals surface area contributed by atoms with Crippen molar-refractivity contribution in [2.75, 3.05) is 18.5 Å². The van der Waals surface area contributed by atoms with Gasteiger partial charge in [-0.25, -0.2) is 4.98 Å². The second-order valence-corrected chi connectivity index (χ2v) is 5.40. The van der Waals surface area contributed by atoms with Crippen molar-refractivity contribution in [3.05, 3.63) is 22.8 Å². The fraction of sp³-hybridized carbons (Fsp3) is 0.500. The van der Waals surface area contributed by atoms with Crippen molar-refractivity contribution in [1.82, 2.24) is 4.98 Å². The van der Waals surface area contributed by atoms with Gasteiger partial charge in [-0.15, -0.1) is 0 Å². The van der Waals surface area contributed by atoms with E-state index in [2.05, 4.69) is 31.8 Å². The average Bonchev–Trinajstić information content (AvgIpc) is 2.15. The van der Waals surface area contributed by atoms with E-state index >= 15 is 0 Å². The molecule has 0 atom stereocenters. The molecule has 4 heteroatoms. The first kappa shape index (κ1) is 12.8. The molecule has 1 aromatic heterocycles. The number of halogens is 1. The van der Waals surface area contributed by atoms with Crippen LogP contribution in [0, 0.1) is 16.7 Å². The third-order valence-corrected chi connectivity index (χ3v) is 2.44. The molecule has 0 amide bonds. The molecule has 0 unspecified atom stereocenters. The Morgan fingerprint density at radius 3 is 2.62 bits per heavy atom. The summed E-state index contributed by atoms with van der Waals surface area (Å²) in [5.74, 6) is 0.663.